The molecule has 4 atom stereocenters. The van der Waals surface area contributed by atoms with Gasteiger partial charge in [-0.3, -0.25) is 9.59 Å². The first-order chi connectivity index (χ1) is 14.4. The number of methoxy groups -OCH3 is 1. The number of hydrogen-bond donors (Lipinski definition) is 0. The third-order valence-corrected chi connectivity index (χ3v) is 11.5. The van der Waals surface area contributed by atoms with Gasteiger partial charge < -0.3 is 18.6 Å². The second kappa shape index (κ2) is 10.2. The summed E-state index contributed by atoms with van der Waals surface area (Å²) >= 11 is 0. The van der Waals surface area contributed by atoms with Crippen LogP contribution in [0.5, 0.6) is 0 Å². The van der Waals surface area contributed by atoms with Crippen molar-refractivity contribution in [2.24, 2.45) is 11.8 Å². The Morgan fingerprint density at radius 2 is 1.94 bits per heavy atom. The summed E-state index contributed by atoms with van der Waals surface area (Å²) < 4.78 is 22.9. The lowest BCUT2D eigenvalue weighted by molar-refractivity contribution is -0.149. The first-order valence-electron chi connectivity index (χ1n) is 11.1. The van der Waals surface area contributed by atoms with Crippen LogP contribution in [0.2, 0.25) is 18.1 Å². The van der Waals surface area contributed by atoms with Gasteiger partial charge in [0.15, 0.2) is 8.32 Å². The van der Waals surface area contributed by atoms with Crippen LogP contribution >= 0.6 is 0 Å². The minimum Gasteiger partial charge on any atom is -0.493 e. The Morgan fingerprint density at radius 1 is 1.26 bits per heavy atom. The molecule has 0 aromatic rings. The fourth-order valence-electron chi connectivity index (χ4n) is 4.06. The lowest BCUT2D eigenvalue weighted by Gasteiger charge is -2.38. The van der Waals surface area contributed by atoms with E-state index in [1.807, 2.05) is 0 Å². The SMILES string of the molecule is COC(=O)CCCC(C#N)=C1C[C@@H]2[C@@H](CO[Si](C)(C)C(C)(C)C)[C@H](OC(C)=O)C[C@@H]2O1. The van der Waals surface area contributed by atoms with Crippen molar-refractivity contribution in [3.8, 4) is 6.07 Å². The maximum atomic E-state index is 11.7. The van der Waals surface area contributed by atoms with Crippen molar-refractivity contribution >= 4 is 20.3 Å². The minimum atomic E-state index is -1.95. The third-order valence-electron chi connectivity index (χ3n) is 6.95. The Labute approximate surface area is 187 Å². The maximum Gasteiger partial charge on any atom is 0.305 e. The second-order valence-corrected chi connectivity index (χ2v) is 14.9. The number of carbonyl (C=O) groups excluding carboxylic acids is 2. The van der Waals surface area contributed by atoms with E-state index in [2.05, 4.69) is 44.7 Å². The highest BCUT2D eigenvalue weighted by Crippen LogP contribution is 2.48. The normalized spacial score (nSPS) is 27.2. The Bertz CT molecular complexity index is 748. The van der Waals surface area contributed by atoms with Crippen LogP contribution in [0.4, 0.5) is 0 Å². The van der Waals surface area contributed by atoms with Crippen molar-refractivity contribution in [1.29, 1.82) is 5.26 Å². The number of ether oxygens (including phenoxy) is 3. The molecule has 7 nitrogen and oxygen atoms in total. The van der Waals surface area contributed by atoms with Gasteiger partial charge in [0.2, 0.25) is 0 Å². The van der Waals surface area contributed by atoms with Gasteiger partial charge in [0.1, 0.15) is 18.0 Å². The average molecular weight is 452 g/mol. The predicted octanol–water partition coefficient (Wildman–Crippen LogP) is 4.49. The Hall–Kier alpha value is -1.85. The monoisotopic (exact) mass is 451 g/mol. The molecule has 0 aromatic heterocycles. The molecule has 0 amide bonds. The van der Waals surface area contributed by atoms with Crippen molar-refractivity contribution in [3.63, 3.8) is 0 Å². The summed E-state index contributed by atoms with van der Waals surface area (Å²) in [5.74, 6) is 0.321. The number of nitrogens with zero attached hydrogens (tertiary/aromatic N) is 1. The van der Waals surface area contributed by atoms with E-state index in [-0.39, 0.29) is 47.4 Å². The van der Waals surface area contributed by atoms with Gasteiger partial charge >= 0.3 is 11.9 Å². The quantitative estimate of drug-likeness (QED) is 0.305. The number of fused-ring (bicyclic) bond motifs is 1. The summed E-state index contributed by atoms with van der Waals surface area (Å²) in [5.41, 5.74) is 0.589. The Kier molecular flexibility index (Phi) is 8.34. The molecule has 2 rings (SSSR count). The van der Waals surface area contributed by atoms with Crippen LogP contribution in [0.3, 0.4) is 0 Å². The molecule has 1 aliphatic carbocycles. The van der Waals surface area contributed by atoms with Crippen LogP contribution < -0.4 is 0 Å². The van der Waals surface area contributed by atoms with E-state index in [1.165, 1.54) is 14.0 Å². The molecule has 8 heteroatoms. The minimum absolute atomic E-state index is 0.0375. The molecule has 1 saturated carbocycles. The number of esters is 2. The second-order valence-electron chi connectivity index (χ2n) is 10.1. The molecule has 2 aliphatic rings. The van der Waals surface area contributed by atoms with E-state index >= 15 is 0 Å². The van der Waals surface area contributed by atoms with Crippen LogP contribution in [-0.4, -0.2) is 46.2 Å². The zero-order valence-corrected chi connectivity index (χ0v) is 20.9. The van der Waals surface area contributed by atoms with E-state index in [4.69, 9.17) is 13.9 Å². The van der Waals surface area contributed by atoms with Gasteiger partial charge in [0, 0.05) is 44.6 Å². The van der Waals surface area contributed by atoms with Crippen molar-refractivity contribution in [1.82, 2.24) is 0 Å². The van der Waals surface area contributed by atoms with E-state index in [0.29, 0.717) is 43.6 Å². The lowest BCUT2D eigenvalue weighted by Crippen LogP contribution is -2.43. The summed E-state index contributed by atoms with van der Waals surface area (Å²) in [6, 6.07) is 2.25. The number of carbonyl (C=O) groups is 2. The van der Waals surface area contributed by atoms with Gasteiger partial charge in [-0.25, -0.2) is 0 Å². The molecule has 0 bridgehead atoms. The smallest absolute Gasteiger partial charge is 0.305 e. The van der Waals surface area contributed by atoms with Gasteiger partial charge in [0.25, 0.3) is 0 Å². The van der Waals surface area contributed by atoms with Crippen molar-refractivity contribution < 1.29 is 28.2 Å². The standard InChI is InChI=1S/C23H37NO6Si/c1-15(25)29-21-12-20-17(18(21)14-28-31(6,7)23(2,3)4)11-19(30-20)16(13-24)9-8-10-22(26)27-5/h17-18,20-21H,8-12,14H2,1-7H3/t17-,18-,20+,21-/m1/s1. The Balaban J connectivity index is 2.12. The highest BCUT2D eigenvalue weighted by Gasteiger charge is 2.51. The molecule has 174 valence electrons. The molecular weight excluding hydrogens is 414 g/mol. The summed E-state index contributed by atoms with van der Waals surface area (Å²) in [7, 11) is -0.593. The number of allylic oxidation sites excluding steroid dienone is 2. The zero-order valence-electron chi connectivity index (χ0n) is 19.9. The molecule has 0 N–H and O–H groups in total. The van der Waals surface area contributed by atoms with Gasteiger partial charge in [-0.1, -0.05) is 20.8 Å². The van der Waals surface area contributed by atoms with E-state index in [0.717, 1.165) is 0 Å². The van der Waals surface area contributed by atoms with Crippen LogP contribution in [0, 0.1) is 23.2 Å². The molecule has 1 saturated heterocycles. The first kappa shape index (κ1) is 25.4. The summed E-state index contributed by atoms with van der Waals surface area (Å²) in [6.07, 6.45) is 2.24. The third kappa shape index (κ3) is 6.33. The highest BCUT2D eigenvalue weighted by molar-refractivity contribution is 6.74. The van der Waals surface area contributed by atoms with E-state index in [9.17, 15) is 14.9 Å². The van der Waals surface area contributed by atoms with Crippen LogP contribution in [0.25, 0.3) is 0 Å². The molecule has 0 aromatic carbocycles. The summed E-state index contributed by atoms with van der Waals surface area (Å²) in [6.45, 7) is 13.0. The van der Waals surface area contributed by atoms with Crippen LogP contribution in [0.15, 0.2) is 11.3 Å². The number of hydrogen-bond acceptors (Lipinski definition) is 7. The predicted molar refractivity (Wildman–Crippen MR) is 118 cm³/mol. The number of rotatable bonds is 8. The van der Waals surface area contributed by atoms with Crippen LogP contribution in [0.1, 0.15) is 59.8 Å². The highest BCUT2D eigenvalue weighted by atomic mass is 28.4. The fraction of sp³-hybridized carbons (Fsp3) is 0.783. The van der Waals surface area contributed by atoms with E-state index < -0.39 is 8.32 Å². The van der Waals surface area contributed by atoms with E-state index in [1.54, 1.807) is 0 Å². The zero-order chi connectivity index (χ0) is 23.4. The first-order valence-corrected chi connectivity index (χ1v) is 14.0. The van der Waals surface area contributed by atoms with Gasteiger partial charge in [-0.2, -0.15) is 5.26 Å². The van der Waals surface area contributed by atoms with Crippen molar-refractivity contribution in [2.45, 2.75) is 90.1 Å². The van der Waals surface area contributed by atoms with Gasteiger partial charge in [-0.15, -0.1) is 0 Å². The van der Waals surface area contributed by atoms with Gasteiger partial charge in [0.05, 0.1) is 18.8 Å². The molecule has 2 fully saturated rings. The summed E-state index contributed by atoms with van der Waals surface area (Å²) in [5, 5.41) is 9.71. The molecule has 31 heavy (non-hydrogen) atoms. The lowest BCUT2D eigenvalue weighted by atomic mass is 9.91. The molecule has 0 spiro atoms. The summed E-state index contributed by atoms with van der Waals surface area (Å²) in [4.78, 5) is 23.0. The average Bonchev–Trinajstić information content (AvgIpc) is 3.19. The van der Waals surface area contributed by atoms with Crippen molar-refractivity contribution in [3.05, 3.63) is 11.3 Å². The van der Waals surface area contributed by atoms with Crippen LogP contribution in [-0.2, 0) is 28.2 Å². The topological polar surface area (TPSA) is 94.9 Å². The van der Waals surface area contributed by atoms with Gasteiger partial charge in [-0.05, 0) is 31.0 Å². The Morgan fingerprint density at radius 3 is 2.48 bits per heavy atom. The largest absolute Gasteiger partial charge is 0.493 e. The number of nitriles is 1. The molecule has 1 heterocycles. The fourth-order valence-corrected chi connectivity index (χ4v) is 5.10. The molecule has 0 radical (unpaired) electrons. The molecule has 1 aliphatic heterocycles. The molecular formula is C23H37NO6Si. The molecule has 0 unspecified atom stereocenters. The maximum absolute atomic E-state index is 11.7. The van der Waals surface area contributed by atoms with Crippen molar-refractivity contribution in [2.75, 3.05) is 13.7 Å².